The minimum Gasteiger partial charge on any atom is -0.383 e. The number of carbonyl (C=O) groups excluding carboxylic acids is 2. The predicted octanol–water partition coefficient (Wildman–Crippen LogP) is 4.04. The number of aromatic nitrogens is 3. The first kappa shape index (κ1) is 27.4. The molecule has 0 bridgehead atoms. The van der Waals surface area contributed by atoms with Crippen molar-refractivity contribution in [2.24, 2.45) is 5.92 Å². The molecule has 224 valence electrons. The van der Waals surface area contributed by atoms with Crippen LogP contribution in [0.25, 0.3) is 27.8 Å². The largest absolute Gasteiger partial charge is 0.414 e. The zero-order valence-electron chi connectivity index (χ0n) is 22.9. The van der Waals surface area contributed by atoms with E-state index in [9.17, 15) is 27.9 Å². The van der Waals surface area contributed by atoms with Crippen LogP contribution in [-0.4, -0.2) is 79.1 Å². The predicted molar refractivity (Wildman–Crippen MR) is 149 cm³/mol. The Labute approximate surface area is 243 Å². The number of rotatable bonds is 3. The fourth-order valence-electron chi connectivity index (χ4n) is 6.64. The van der Waals surface area contributed by atoms with Crippen LogP contribution >= 0.6 is 0 Å². The molecule has 43 heavy (non-hydrogen) atoms. The van der Waals surface area contributed by atoms with E-state index in [0.29, 0.717) is 40.0 Å². The van der Waals surface area contributed by atoms with Crippen LogP contribution in [0.5, 0.6) is 0 Å². The molecule has 0 radical (unpaired) electrons. The molecule has 1 saturated heterocycles. The van der Waals surface area contributed by atoms with Gasteiger partial charge in [-0.15, -0.1) is 0 Å². The van der Waals surface area contributed by atoms with Gasteiger partial charge in [-0.3, -0.25) is 9.20 Å². The number of piperidine rings is 1. The van der Waals surface area contributed by atoms with Crippen LogP contribution in [-0.2, 0) is 17.9 Å². The summed E-state index contributed by atoms with van der Waals surface area (Å²) in [5.41, 5.74) is 4.39. The van der Waals surface area contributed by atoms with Gasteiger partial charge in [0.1, 0.15) is 11.5 Å². The van der Waals surface area contributed by atoms with Gasteiger partial charge in [-0.1, -0.05) is 6.07 Å². The number of Topliss-reactive ketones (excluding diaryl/α,β-unsaturated/α-hetero) is 1. The van der Waals surface area contributed by atoms with Gasteiger partial charge < -0.3 is 24.8 Å². The molecule has 3 aliphatic heterocycles. The quantitative estimate of drug-likeness (QED) is 0.349. The van der Waals surface area contributed by atoms with E-state index in [4.69, 9.17) is 0 Å². The number of aliphatic hydroxyl groups is 1. The second kappa shape index (κ2) is 10.1. The molecule has 2 amide bonds. The lowest BCUT2D eigenvalue weighted by Crippen LogP contribution is -2.49. The number of nitrogens with zero attached hydrogens (tertiary/aromatic N) is 5. The molecule has 6 heterocycles. The van der Waals surface area contributed by atoms with Crippen LogP contribution in [0.4, 0.5) is 22.4 Å². The first-order valence-corrected chi connectivity index (χ1v) is 14.1. The molecule has 4 aromatic rings. The average Bonchev–Trinajstić information content (AvgIpc) is 3.64. The Kier molecular flexibility index (Phi) is 6.45. The number of halogens is 4. The maximum absolute atomic E-state index is 15.1. The molecule has 9 nitrogen and oxygen atoms in total. The van der Waals surface area contributed by atoms with Crippen molar-refractivity contribution >= 4 is 39.6 Å². The summed E-state index contributed by atoms with van der Waals surface area (Å²) in [6.45, 7) is 1.05. The van der Waals surface area contributed by atoms with E-state index in [1.807, 2.05) is 39.6 Å². The number of alkyl halides is 3. The SMILES string of the molecule is O=C1CNC(c2cnc3ccccn23)=C1c1cn2c3c(cc(F)cc13)CN(C(=O)N1CCC(C(O)C(F)(F)F)CC1)CC2. The zero-order chi connectivity index (χ0) is 30.0. The maximum atomic E-state index is 15.1. The number of fused-ring (bicyclic) bond motifs is 1. The number of benzene rings is 1. The summed E-state index contributed by atoms with van der Waals surface area (Å²) in [6, 6.07) is 8.06. The number of amides is 2. The topological polar surface area (TPSA) is 95.1 Å². The van der Waals surface area contributed by atoms with E-state index in [1.165, 1.54) is 17.0 Å². The van der Waals surface area contributed by atoms with E-state index in [2.05, 4.69) is 10.3 Å². The molecule has 13 heteroatoms. The second-order valence-electron chi connectivity index (χ2n) is 11.3. The number of hydrogen-bond acceptors (Lipinski definition) is 5. The summed E-state index contributed by atoms with van der Waals surface area (Å²) in [4.78, 5) is 34.2. The summed E-state index contributed by atoms with van der Waals surface area (Å²) in [6.07, 6.45) is -1.64. The number of pyridine rings is 1. The Bertz CT molecular complexity index is 1800. The summed E-state index contributed by atoms with van der Waals surface area (Å²) in [7, 11) is 0. The third-order valence-electron chi connectivity index (χ3n) is 8.75. The normalized spacial score (nSPS) is 19.0. The van der Waals surface area contributed by atoms with Crippen molar-refractivity contribution in [3.63, 3.8) is 0 Å². The number of aliphatic hydroxyl groups excluding tert-OH is 1. The molecular weight excluding hydrogens is 568 g/mol. The Morgan fingerprint density at radius 2 is 1.88 bits per heavy atom. The maximum Gasteiger partial charge on any atom is 0.414 e. The van der Waals surface area contributed by atoms with Gasteiger partial charge in [-0.2, -0.15) is 13.2 Å². The molecule has 1 aromatic carbocycles. The van der Waals surface area contributed by atoms with Crippen molar-refractivity contribution < 1.29 is 32.3 Å². The summed E-state index contributed by atoms with van der Waals surface area (Å²) < 4.78 is 57.8. The minimum atomic E-state index is -4.70. The molecule has 2 N–H and O–H groups in total. The zero-order valence-corrected chi connectivity index (χ0v) is 22.9. The minimum absolute atomic E-state index is 0.0415. The lowest BCUT2D eigenvalue weighted by atomic mass is 9.91. The van der Waals surface area contributed by atoms with Gasteiger partial charge in [0.25, 0.3) is 0 Å². The molecular formula is C30H28F4N6O3. The van der Waals surface area contributed by atoms with E-state index in [0.717, 1.165) is 11.2 Å². The van der Waals surface area contributed by atoms with Crippen molar-refractivity contribution in [3.05, 3.63) is 71.6 Å². The highest BCUT2D eigenvalue weighted by Crippen LogP contribution is 2.38. The third-order valence-corrected chi connectivity index (χ3v) is 8.75. The third kappa shape index (κ3) is 4.62. The Balaban J connectivity index is 1.20. The van der Waals surface area contributed by atoms with Gasteiger partial charge in [0, 0.05) is 56.1 Å². The fourth-order valence-corrected chi connectivity index (χ4v) is 6.64. The van der Waals surface area contributed by atoms with Gasteiger partial charge in [-0.05, 0) is 48.6 Å². The average molecular weight is 597 g/mol. The van der Waals surface area contributed by atoms with Crippen LogP contribution in [0, 0.1) is 11.7 Å². The lowest BCUT2D eigenvalue weighted by Gasteiger charge is -2.37. The standard InChI is InChI=1S/C30H28F4N6O3/c31-19-11-18-15-39(29(43)37-7-4-17(5-8-37)28(42)30(32,33)34)10-9-38-16-21(20(12-19)27(18)38)25-23(41)14-36-26(25)22-13-35-24-3-1-2-6-40(22)24/h1-3,6,11-13,16-17,28,36,42H,4-5,7-10,14-15H2. The highest BCUT2D eigenvalue weighted by molar-refractivity contribution is 6.33. The molecule has 1 fully saturated rings. The van der Waals surface area contributed by atoms with E-state index >= 15 is 4.39 Å². The van der Waals surface area contributed by atoms with Crippen molar-refractivity contribution in [1.29, 1.82) is 0 Å². The van der Waals surface area contributed by atoms with Gasteiger partial charge >= 0.3 is 12.2 Å². The molecule has 3 aromatic heterocycles. The molecule has 1 atom stereocenters. The van der Waals surface area contributed by atoms with Crippen LogP contribution < -0.4 is 5.32 Å². The molecule has 0 saturated carbocycles. The number of imidazole rings is 1. The number of nitrogens with one attached hydrogen (secondary N) is 1. The monoisotopic (exact) mass is 596 g/mol. The summed E-state index contributed by atoms with van der Waals surface area (Å²) in [5, 5.41) is 13.4. The Hall–Kier alpha value is -4.39. The second-order valence-corrected chi connectivity index (χ2v) is 11.3. The van der Waals surface area contributed by atoms with Crippen LogP contribution in [0.1, 0.15) is 29.7 Å². The molecule has 7 rings (SSSR count). The fraction of sp³-hybridized carbons (Fsp3) is 0.367. The van der Waals surface area contributed by atoms with E-state index in [1.54, 1.807) is 11.1 Å². The van der Waals surface area contributed by atoms with Crippen molar-refractivity contribution in [3.8, 4) is 0 Å². The van der Waals surface area contributed by atoms with Gasteiger partial charge in [-0.25, -0.2) is 14.2 Å². The number of urea groups is 1. The van der Waals surface area contributed by atoms with Crippen LogP contribution in [0.15, 0.2) is 48.9 Å². The lowest BCUT2D eigenvalue weighted by molar-refractivity contribution is -0.222. The van der Waals surface area contributed by atoms with Crippen molar-refractivity contribution in [2.45, 2.75) is 38.2 Å². The number of hydrogen-bond donors (Lipinski definition) is 2. The summed E-state index contributed by atoms with van der Waals surface area (Å²) >= 11 is 0. The van der Waals surface area contributed by atoms with E-state index < -0.39 is 24.0 Å². The Morgan fingerprint density at radius 3 is 2.65 bits per heavy atom. The number of carbonyl (C=O) groups is 2. The first-order valence-electron chi connectivity index (χ1n) is 14.1. The molecule has 0 spiro atoms. The van der Waals surface area contributed by atoms with Gasteiger partial charge in [0.2, 0.25) is 0 Å². The summed E-state index contributed by atoms with van der Waals surface area (Å²) in [5.74, 6) is -1.59. The van der Waals surface area contributed by atoms with Gasteiger partial charge in [0.15, 0.2) is 11.9 Å². The highest BCUT2D eigenvalue weighted by Gasteiger charge is 2.44. The van der Waals surface area contributed by atoms with Gasteiger partial charge in [0.05, 0.1) is 35.2 Å². The highest BCUT2D eigenvalue weighted by atomic mass is 19.4. The molecule has 1 unspecified atom stereocenters. The molecule has 3 aliphatic rings. The van der Waals surface area contributed by atoms with Crippen LogP contribution in [0.3, 0.4) is 0 Å². The smallest absolute Gasteiger partial charge is 0.383 e. The van der Waals surface area contributed by atoms with Crippen molar-refractivity contribution in [1.82, 2.24) is 29.1 Å². The van der Waals surface area contributed by atoms with Crippen LogP contribution in [0.2, 0.25) is 0 Å². The van der Waals surface area contributed by atoms with E-state index in [-0.39, 0.29) is 57.4 Å². The number of ketones is 1. The van der Waals surface area contributed by atoms with Crippen molar-refractivity contribution in [2.75, 3.05) is 26.2 Å². The Morgan fingerprint density at radius 1 is 1.09 bits per heavy atom. The number of likely N-dealkylation sites (tertiary alicyclic amines) is 1. The first-order chi connectivity index (χ1) is 20.6. The molecule has 0 aliphatic carbocycles.